The molecular formula is C15H13F5O4. The van der Waals surface area contributed by atoms with Gasteiger partial charge in [0.1, 0.15) is 0 Å². The van der Waals surface area contributed by atoms with E-state index in [-0.39, 0.29) is 5.56 Å². The van der Waals surface area contributed by atoms with Gasteiger partial charge in [0.25, 0.3) is 0 Å². The van der Waals surface area contributed by atoms with Crippen LogP contribution in [0.15, 0.2) is 17.9 Å². The van der Waals surface area contributed by atoms with Crippen molar-refractivity contribution in [3.63, 3.8) is 0 Å². The van der Waals surface area contributed by atoms with Crippen molar-refractivity contribution in [3.05, 3.63) is 35.1 Å². The number of alkyl halides is 3. The number of hydrogen-bond acceptors (Lipinski definition) is 3. The van der Waals surface area contributed by atoms with Gasteiger partial charge in [0, 0.05) is 17.1 Å². The predicted octanol–water partition coefficient (Wildman–Crippen LogP) is 3.76. The zero-order chi connectivity index (χ0) is 18.4. The van der Waals surface area contributed by atoms with E-state index in [0.717, 1.165) is 20.1 Å². The Bertz CT molecular complexity index is 725. The Morgan fingerprint density at radius 3 is 2.38 bits per heavy atom. The van der Waals surface area contributed by atoms with E-state index >= 15 is 0 Å². The molecule has 0 saturated carbocycles. The summed E-state index contributed by atoms with van der Waals surface area (Å²) in [5.74, 6) is -7.63. The van der Waals surface area contributed by atoms with Crippen LogP contribution in [0.4, 0.5) is 22.0 Å². The Morgan fingerprint density at radius 1 is 1.33 bits per heavy atom. The smallest absolute Gasteiger partial charge is 0.428 e. The fourth-order valence-corrected chi connectivity index (χ4v) is 2.59. The predicted molar refractivity (Wildman–Crippen MR) is 72.2 cm³/mol. The summed E-state index contributed by atoms with van der Waals surface area (Å²) in [6.45, 7) is 1.79. The number of hydrogen-bond donors (Lipinski definition) is 1. The first kappa shape index (κ1) is 18.0. The second kappa shape index (κ2) is 5.64. The fourth-order valence-electron chi connectivity index (χ4n) is 2.59. The molecular weight excluding hydrogens is 339 g/mol. The monoisotopic (exact) mass is 352 g/mol. The van der Waals surface area contributed by atoms with E-state index in [1.807, 2.05) is 0 Å². The summed E-state index contributed by atoms with van der Waals surface area (Å²) in [5.41, 5.74) is -3.56. The topological polar surface area (TPSA) is 55.8 Å². The Balaban J connectivity index is 2.73. The summed E-state index contributed by atoms with van der Waals surface area (Å²) in [6, 6.07) is 1.63. The molecule has 0 aromatic heterocycles. The van der Waals surface area contributed by atoms with Gasteiger partial charge >= 0.3 is 12.1 Å². The van der Waals surface area contributed by atoms with Crippen LogP contribution >= 0.6 is 0 Å². The van der Waals surface area contributed by atoms with Crippen LogP contribution in [-0.2, 0) is 9.53 Å². The van der Waals surface area contributed by atoms with E-state index < -0.39 is 52.4 Å². The summed E-state index contributed by atoms with van der Waals surface area (Å²) in [7, 11) is 0.992. The number of methoxy groups -OCH3 is 1. The molecule has 2 atom stereocenters. The van der Waals surface area contributed by atoms with Crippen molar-refractivity contribution in [1.29, 1.82) is 0 Å². The Hall–Kier alpha value is -2.32. The van der Waals surface area contributed by atoms with Crippen molar-refractivity contribution in [1.82, 2.24) is 0 Å². The fraction of sp³-hybridized carbons (Fsp3) is 0.400. The van der Waals surface area contributed by atoms with E-state index in [4.69, 9.17) is 9.47 Å². The van der Waals surface area contributed by atoms with Crippen molar-refractivity contribution in [3.8, 4) is 5.75 Å². The third-order valence-electron chi connectivity index (χ3n) is 4.12. The van der Waals surface area contributed by atoms with Crippen molar-refractivity contribution in [2.75, 3.05) is 7.11 Å². The lowest BCUT2D eigenvalue weighted by molar-refractivity contribution is -0.262. The molecule has 0 fully saturated rings. The lowest BCUT2D eigenvalue weighted by atomic mass is 9.82. The van der Waals surface area contributed by atoms with Gasteiger partial charge in [0.2, 0.25) is 17.2 Å². The zero-order valence-corrected chi connectivity index (χ0v) is 12.8. The van der Waals surface area contributed by atoms with Gasteiger partial charge in [-0.25, -0.2) is 9.18 Å². The molecule has 1 aromatic carbocycles. The Kier molecular flexibility index (Phi) is 4.24. The maximum Gasteiger partial charge on any atom is 0.428 e. The molecule has 1 aliphatic heterocycles. The molecule has 4 nitrogen and oxygen atoms in total. The molecule has 0 aliphatic carbocycles. The largest absolute Gasteiger partial charge is 0.493 e. The summed E-state index contributed by atoms with van der Waals surface area (Å²) < 4.78 is 76.6. The summed E-state index contributed by atoms with van der Waals surface area (Å²) in [6.07, 6.45) is -4.89. The minimum absolute atomic E-state index is 0.311. The number of ether oxygens (including phenoxy) is 2. The standard InChI is InChI=1S/C15H13F5O4/c1-6-9(7-4-5-8(16)10(17)11(7)23-3)12(13(21)22)24-14(6,2)15(18,19)20/h4-6H,1-3H3,(H,21,22). The van der Waals surface area contributed by atoms with Crippen LogP contribution < -0.4 is 4.74 Å². The highest BCUT2D eigenvalue weighted by molar-refractivity contribution is 5.97. The third-order valence-corrected chi connectivity index (χ3v) is 4.12. The maximum absolute atomic E-state index is 13.9. The Labute approximate surface area is 133 Å². The second-order valence-corrected chi connectivity index (χ2v) is 5.42. The highest BCUT2D eigenvalue weighted by Crippen LogP contribution is 2.53. The molecule has 0 amide bonds. The van der Waals surface area contributed by atoms with Crippen LogP contribution in [0, 0.1) is 17.6 Å². The molecule has 132 valence electrons. The number of halogens is 5. The minimum Gasteiger partial charge on any atom is -0.493 e. The number of rotatable bonds is 3. The number of benzene rings is 1. The highest BCUT2D eigenvalue weighted by atomic mass is 19.4. The lowest BCUT2D eigenvalue weighted by Crippen LogP contribution is -2.47. The van der Waals surface area contributed by atoms with E-state index in [2.05, 4.69) is 0 Å². The van der Waals surface area contributed by atoms with E-state index in [1.165, 1.54) is 0 Å². The maximum atomic E-state index is 13.9. The molecule has 2 unspecified atom stereocenters. The van der Waals surface area contributed by atoms with Crippen LogP contribution in [0.1, 0.15) is 19.4 Å². The number of aliphatic carboxylic acids is 1. The van der Waals surface area contributed by atoms with Gasteiger partial charge in [-0.1, -0.05) is 6.92 Å². The van der Waals surface area contributed by atoms with E-state index in [9.17, 15) is 31.9 Å². The second-order valence-electron chi connectivity index (χ2n) is 5.42. The highest BCUT2D eigenvalue weighted by Gasteiger charge is 2.63. The average molecular weight is 352 g/mol. The van der Waals surface area contributed by atoms with Crippen molar-refractivity contribution >= 4 is 11.5 Å². The van der Waals surface area contributed by atoms with Gasteiger partial charge < -0.3 is 14.6 Å². The molecule has 1 heterocycles. The number of carboxylic acids is 1. The van der Waals surface area contributed by atoms with Crippen molar-refractivity contribution in [2.45, 2.75) is 25.6 Å². The van der Waals surface area contributed by atoms with Crippen LogP contribution in [-0.4, -0.2) is 30.0 Å². The molecule has 0 saturated heterocycles. The van der Waals surface area contributed by atoms with Crippen LogP contribution in [0.3, 0.4) is 0 Å². The quantitative estimate of drug-likeness (QED) is 0.842. The Morgan fingerprint density at radius 2 is 1.92 bits per heavy atom. The molecule has 2 rings (SSSR count). The normalized spacial score (nSPS) is 24.1. The summed E-state index contributed by atoms with van der Waals surface area (Å²) in [4.78, 5) is 11.3. The molecule has 1 N–H and O–H groups in total. The molecule has 1 aliphatic rings. The van der Waals surface area contributed by atoms with E-state index in [1.54, 1.807) is 0 Å². The first-order valence-corrected chi connectivity index (χ1v) is 6.71. The molecule has 0 radical (unpaired) electrons. The summed E-state index contributed by atoms with van der Waals surface area (Å²) >= 11 is 0. The van der Waals surface area contributed by atoms with Gasteiger partial charge in [0.05, 0.1) is 7.11 Å². The van der Waals surface area contributed by atoms with Crippen molar-refractivity contribution < 1.29 is 41.3 Å². The SMILES string of the molecule is COc1c(C2=C(C(=O)O)OC(C)(C(F)(F)F)C2C)ccc(F)c1F. The van der Waals surface area contributed by atoms with Gasteiger partial charge in [-0.3, -0.25) is 0 Å². The van der Waals surface area contributed by atoms with Gasteiger partial charge in [0.15, 0.2) is 11.6 Å². The summed E-state index contributed by atoms with van der Waals surface area (Å²) in [5, 5.41) is 9.19. The number of carboxylic acid groups (broad SMARTS) is 1. The van der Waals surface area contributed by atoms with Crippen molar-refractivity contribution in [2.24, 2.45) is 5.92 Å². The van der Waals surface area contributed by atoms with Gasteiger partial charge in [-0.15, -0.1) is 0 Å². The van der Waals surface area contributed by atoms with Crippen LogP contribution in [0.2, 0.25) is 0 Å². The van der Waals surface area contributed by atoms with E-state index in [0.29, 0.717) is 13.0 Å². The zero-order valence-electron chi connectivity index (χ0n) is 12.8. The first-order valence-electron chi connectivity index (χ1n) is 6.71. The van der Waals surface area contributed by atoms with Crippen LogP contribution in [0.5, 0.6) is 5.75 Å². The molecule has 24 heavy (non-hydrogen) atoms. The minimum atomic E-state index is -4.89. The molecule has 9 heteroatoms. The average Bonchev–Trinajstić information content (AvgIpc) is 2.75. The molecule has 1 aromatic rings. The molecule has 0 spiro atoms. The van der Waals surface area contributed by atoms with Gasteiger partial charge in [-0.05, 0) is 19.1 Å². The lowest BCUT2D eigenvalue weighted by Gasteiger charge is -2.32. The number of carbonyl (C=O) groups is 1. The van der Waals surface area contributed by atoms with Crippen LogP contribution in [0.25, 0.3) is 5.57 Å². The van der Waals surface area contributed by atoms with Gasteiger partial charge in [-0.2, -0.15) is 17.6 Å². The molecule has 0 bridgehead atoms. The third kappa shape index (κ3) is 2.47. The first-order chi connectivity index (χ1) is 11.0.